The lowest BCUT2D eigenvalue weighted by Gasteiger charge is -2.19. The standard InChI is InChI=1S/C14H22FNS/c1-4-8-17-10-14(16-5-2)12-9-11(3)6-7-13(12)15/h6-7,9,14,16H,4-5,8,10H2,1-3H3. The van der Waals surface area contributed by atoms with E-state index in [0.717, 1.165) is 29.2 Å². The Kier molecular flexibility index (Phi) is 6.60. The van der Waals surface area contributed by atoms with Crippen LogP contribution in [0.4, 0.5) is 4.39 Å². The highest BCUT2D eigenvalue weighted by Gasteiger charge is 2.14. The Bertz CT molecular complexity index is 341. The zero-order valence-electron chi connectivity index (χ0n) is 10.9. The fourth-order valence-electron chi connectivity index (χ4n) is 1.78. The Morgan fingerprint density at radius 1 is 1.35 bits per heavy atom. The first kappa shape index (κ1) is 14.5. The van der Waals surface area contributed by atoms with Gasteiger partial charge in [-0.1, -0.05) is 31.5 Å². The molecule has 0 spiro atoms. The fraction of sp³-hybridized carbons (Fsp3) is 0.571. The van der Waals surface area contributed by atoms with Crippen molar-refractivity contribution in [3.05, 3.63) is 35.1 Å². The summed E-state index contributed by atoms with van der Waals surface area (Å²) < 4.78 is 13.8. The molecule has 1 rings (SSSR count). The van der Waals surface area contributed by atoms with Gasteiger partial charge in [-0.3, -0.25) is 0 Å². The average Bonchev–Trinajstić information content (AvgIpc) is 2.32. The van der Waals surface area contributed by atoms with Crippen LogP contribution in [0.15, 0.2) is 18.2 Å². The first-order valence-corrected chi connectivity index (χ1v) is 7.41. The summed E-state index contributed by atoms with van der Waals surface area (Å²) in [6, 6.07) is 5.46. The highest BCUT2D eigenvalue weighted by Crippen LogP contribution is 2.22. The first-order valence-electron chi connectivity index (χ1n) is 6.26. The first-order chi connectivity index (χ1) is 8.19. The van der Waals surface area contributed by atoms with E-state index >= 15 is 0 Å². The van der Waals surface area contributed by atoms with Gasteiger partial charge in [-0.15, -0.1) is 0 Å². The summed E-state index contributed by atoms with van der Waals surface area (Å²) in [6.07, 6.45) is 1.17. The number of aryl methyl sites for hydroxylation is 1. The second-order valence-electron chi connectivity index (χ2n) is 4.21. The molecule has 0 aliphatic carbocycles. The fourth-order valence-corrected chi connectivity index (χ4v) is 2.77. The van der Waals surface area contributed by atoms with E-state index in [0.29, 0.717) is 0 Å². The number of halogens is 1. The van der Waals surface area contributed by atoms with E-state index < -0.39 is 0 Å². The summed E-state index contributed by atoms with van der Waals surface area (Å²) in [7, 11) is 0. The maximum Gasteiger partial charge on any atom is 0.128 e. The molecule has 1 aromatic carbocycles. The van der Waals surface area contributed by atoms with Crippen molar-refractivity contribution in [1.29, 1.82) is 0 Å². The van der Waals surface area contributed by atoms with E-state index in [1.807, 2.05) is 30.8 Å². The Labute approximate surface area is 108 Å². The highest BCUT2D eigenvalue weighted by atomic mass is 32.2. The molecule has 0 aromatic heterocycles. The molecule has 1 N–H and O–H groups in total. The quantitative estimate of drug-likeness (QED) is 0.741. The molecule has 0 aliphatic heterocycles. The van der Waals surface area contributed by atoms with Gasteiger partial charge in [0.05, 0.1) is 0 Å². The van der Waals surface area contributed by atoms with E-state index in [2.05, 4.69) is 19.2 Å². The molecule has 96 valence electrons. The highest BCUT2D eigenvalue weighted by molar-refractivity contribution is 7.99. The molecule has 0 bridgehead atoms. The predicted molar refractivity (Wildman–Crippen MR) is 75.2 cm³/mol. The molecule has 17 heavy (non-hydrogen) atoms. The van der Waals surface area contributed by atoms with E-state index in [1.165, 1.54) is 6.42 Å². The zero-order chi connectivity index (χ0) is 12.7. The van der Waals surface area contributed by atoms with Crippen LogP contribution >= 0.6 is 11.8 Å². The molecule has 0 fully saturated rings. The van der Waals surface area contributed by atoms with Crippen LogP contribution in [-0.4, -0.2) is 18.1 Å². The summed E-state index contributed by atoms with van der Waals surface area (Å²) >= 11 is 1.88. The van der Waals surface area contributed by atoms with Gasteiger partial charge in [-0.05, 0) is 31.7 Å². The summed E-state index contributed by atoms with van der Waals surface area (Å²) in [6.45, 7) is 7.10. The lowest BCUT2D eigenvalue weighted by Crippen LogP contribution is -2.24. The van der Waals surface area contributed by atoms with E-state index in [4.69, 9.17) is 0 Å². The van der Waals surface area contributed by atoms with Crippen molar-refractivity contribution in [2.24, 2.45) is 0 Å². The molecule has 0 saturated heterocycles. The van der Waals surface area contributed by atoms with Gasteiger partial charge in [0.25, 0.3) is 0 Å². The second-order valence-corrected chi connectivity index (χ2v) is 5.36. The maximum absolute atomic E-state index is 13.8. The normalized spacial score (nSPS) is 12.7. The van der Waals surface area contributed by atoms with Crippen molar-refractivity contribution in [1.82, 2.24) is 5.32 Å². The molecule has 0 heterocycles. The molecule has 0 radical (unpaired) electrons. The van der Waals surface area contributed by atoms with Crippen molar-refractivity contribution < 1.29 is 4.39 Å². The molecule has 1 atom stereocenters. The van der Waals surface area contributed by atoms with Gasteiger partial charge in [-0.2, -0.15) is 11.8 Å². The molecule has 0 saturated carbocycles. The minimum absolute atomic E-state index is 0.0985. The Morgan fingerprint density at radius 2 is 2.12 bits per heavy atom. The SMILES string of the molecule is CCCSCC(NCC)c1cc(C)ccc1F. The minimum Gasteiger partial charge on any atom is -0.309 e. The van der Waals surface area contributed by atoms with Gasteiger partial charge in [0.2, 0.25) is 0 Å². The number of benzene rings is 1. The largest absolute Gasteiger partial charge is 0.309 e. The van der Waals surface area contributed by atoms with Gasteiger partial charge in [0.15, 0.2) is 0 Å². The summed E-state index contributed by atoms with van der Waals surface area (Å²) in [4.78, 5) is 0. The van der Waals surface area contributed by atoms with Crippen LogP contribution in [0, 0.1) is 12.7 Å². The van der Waals surface area contributed by atoms with Crippen LogP contribution in [0.5, 0.6) is 0 Å². The van der Waals surface area contributed by atoms with Crippen LogP contribution in [0.3, 0.4) is 0 Å². The molecule has 1 aromatic rings. The van der Waals surface area contributed by atoms with Crippen LogP contribution in [0.2, 0.25) is 0 Å². The third-order valence-electron chi connectivity index (χ3n) is 2.61. The Balaban J connectivity index is 2.77. The number of hydrogen-bond donors (Lipinski definition) is 1. The van der Waals surface area contributed by atoms with Gasteiger partial charge >= 0.3 is 0 Å². The van der Waals surface area contributed by atoms with Crippen LogP contribution in [0.25, 0.3) is 0 Å². The molecule has 0 amide bonds. The average molecular weight is 255 g/mol. The Morgan fingerprint density at radius 3 is 2.76 bits per heavy atom. The third-order valence-corrected chi connectivity index (χ3v) is 3.88. The van der Waals surface area contributed by atoms with E-state index in [9.17, 15) is 4.39 Å². The summed E-state index contributed by atoms with van der Waals surface area (Å²) in [5, 5.41) is 3.37. The number of thioether (sulfide) groups is 1. The number of nitrogens with one attached hydrogen (secondary N) is 1. The van der Waals surface area contributed by atoms with Gasteiger partial charge in [-0.25, -0.2) is 4.39 Å². The van der Waals surface area contributed by atoms with Crippen molar-refractivity contribution in [2.75, 3.05) is 18.1 Å². The lowest BCUT2D eigenvalue weighted by atomic mass is 10.0. The molecule has 1 unspecified atom stereocenters. The van der Waals surface area contributed by atoms with Crippen LogP contribution < -0.4 is 5.32 Å². The van der Waals surface area contributed by atoms with Gasteiger partial charge in [0.1, 0.15) is 5.82 Å². The summed E-state index contributed by atoms with van der Waals surface area (Å²) in [5.74, 6) is 1.97. The molecular formula is C14H22FNS. The van der Waals surface area contributed by atoms with Gasteiger partial charge < -0.3 is 5.32 Å². The molecular weight excluding hydrogens is 233 g/mol. The van der Waals surface area contributed by atoms with Crippen molar-refractivity contribution >= 4 is 11.8 Å². The lowest BCUT2D eigenvalue weighted by molar-refractivity contribution is 0.545. The smallest absolute Gasteiger partial charge is 0.128 e. The predicted octanol–water partition coefficient (Wildman–Crippen LogP) is 3.93. The zero-order valence-corrected chi connectivity index (χ0v) is 11.7. The number of hydrogen-bond acceptors (Lipinski definition) is 2. The van der Waals surface area contributed by atoms with Gasteiger partial charge in [0, 0.05) is 17.4 Å². The topological polar surface area (TPSA) is 12.0 Å². The van der Waals surface area contributed by atoms with Crippen molar-refractivity contribution in [2.45, 2.75) is 33.2 Å². The molecule has 1 nitrogen and oxygen atoms in total. The third kappa shape index (κ3) is 4.68. The minimum atomic E-state index is -0.0985. The van der Waals surface area contributed by atoms with E-state index in [1.54, 1.807) is 6.07 Å². The van der Waals surface area contributed by atoms with Crippen LogP contribution in [0.1, 0.15) is 37.4 Å². The van der Waals surface area contributed by atoms with Crippen LogP contribution in [-0.2, 0) is 0 Å². The monoisotopic (exact) mass is 255 g/mol. The van der Waals surface area contributed by atoms with Crippen molar-refractivity contribution in [3.63, 3.8) is 0 Å². The summed E-state index contributed by atoms with van der Waals surface area (Å²) in [5.41, 5.74) is 1.92. The van der Waals surface area contributed by atoms with E-state index in [-0.39, 0.29) is 11.9 Å². The Hall–Kier alpha value is -0.540. The van der Waals surface area contributed by atoms with Crippen molar-refractivity contribution in [3.8, 4) is 0 Å². The number of rotatable bonds is 7. The molecule has 0 aliphatic rings. The second kappa shape index (κ2) is 7.72. The molecule has 3 heteroatoms. The maximum atomic E-state index is 13.8.